The number of imide groups is 2. The number of aryl methyl sites for hydroxylation is 1. The van der Waals surface area contributed by atoms with Gasteiger partial charge < -0.3 is 4.90 Å². The Morgan fingerprint density at radius 3 is 2.41 bits per heavy atom. The third-order valence-corrected chi connectivity index (χ3v) is 4.86. The van der Waals surface area contributed by atoms with Crippen molar-refractivity contribution >= 4 is 51.2 Å². The molecule has 0 spiro atoms. The lowest BCUT2D eigenvalue weighted by atomic mass is 10.1. The molecule has 0 bridgehead atoms. The van der Waals surface area contributed by atoms with Crippen LogP contribution >= 0.6 is 15.9 Å². The Bertz CT molecular complexity index is 982. The zero-order valence-electron chi connectivity index (χ0n) is 15.1. The number of hydrogen-bond acceptors (Lipinski definition) is 4. The standard InChI is InChI=1S/C20H18BrN3O3/c1-12-6-4-5-7-16(12)24-19(26)14(18(25)22-20(24)27)10-13-8-9-17(23(2)3)15(21)11-13/h4-11H,1-3H3,(H,22,25,27)/b14-10-. The van der Waals surface area contributed by atoms with Gasteiger partial charge in [0.05, 0.1) is 11.4 Å². The smallest absolute Gasteiger partial charge is 0.335 e. The third kappa shape index (κ3) is 3.64. The molecule has 2 aromatic rings. The van der Waals surface area contributed by atoms with E-state index >= 15 is 0 Å². The van der Waals surface area contributed by atoms with E-state index in [4.69, 9.17) is 0 Å². The molecule has 138 valence electrons. The van der Waals surface area contributed by atoms with Gasteiger partial charge >= 0.3 is 6.03 Å². The van der Waals surface area contributed by atoms with Crippen LogP contribution in [-0.2, 0) is 9.59 Å². The highest BCUT2D eigenvalue weighted by Crippen LogP contribution is 2.28. The van der Waals surface area contributed by atoms with E-state index in [9.17, 15) is 14.4 Å². The summed E-state index contributed by atoms with van der Waals surface area (Å²) in [5.41, 5.74) is 2.75. The lowest BCUT2D eigenvalue weighted by Gasteiger charge is -2.27. The number of hydrogen-bond donors (Lipinski definition) is 1. The summed E-state index contributed by atoms with van der Waals surface area (Å²) in [6.07, 6.45) is 1.49. The van der Waals surface area contributed by atoms with E-state index in [0.29, 0.717) is 11.3 Å². The number of nitrogens with one attached hydrogen (secondary N) is 1. The molecule has 3 rings (SSSR count). The summed E-state index contributed by atoms with van der Waals surface area (Å²) in [4.78, 5) is 40.4. The van der Waals surface area contributed by atoms with E-state index in [1.54, 1.807) is 25.1 Å². The van der Waals surface area contributed by atoms with Gasteiger partial charge in [-0.25, -0.2) is 9.69 Å². The van der Waals surface area contributed by atoms with E-state index in [1.807, 2.05) is 43.3 Å². The minimum Gasteiger partial charge on any atom is -0.377 e. The van der Waals surface area contributed by atoms with Gasteiger partial charge in [0.15, 0.2) is 0 Å². The summed E-state index contributed by atoms with van der Waals surface area (Å²) in [5, 5.41) is 2.24. The molecule has 0 atom stereocenters. The molecule has 0 saturated carbocycles. The molecule has 7 heteroatoms. The molecule has 1 heterocycles. The van der Waals surface area contributed by atoms with Gasteiger partial charge in [-0.1, -0.05) is 24.3 Å². The van der Waals surface area contributed by atoms with Crippen molar-refractivity contribution < 1.29 is 14.4 Å². The van der Waals surface area contributed by atoms with Gasteiger partial charge in [-0.05, 0) is 58.3 Å². The van der Waals surface area contributed by atoms with Gasteiger partial charge in [-0.3, -0.25) is 14.9 Å². The van der Waals surface area contributed by atoms with Gasteiger partial charge in [-0.2, -0.15) is 0 Å². The van der Waals surface area contributed by atoms with Crippen molar-refractivity contribution in [3.05, 3.63) is 63.6 Å². The average molecular weight is 428 g/mol. The van der Waals surface area contributed by atoms with E-state index < -0.39 is 17.8 Å². The van der Waals surface area contributed by atoms with Crippen molar-refractivity contribution in [2.75, 3.05) is 23.9 Å². The largest absolute Gasteiger partial charge is 0.377 e. The maximum absolute atomic E-state index is 12.9. The number of benzene rings is 2. The molecule has 0 radical (unpaired) electrons. The van der Waals surface area contributed by atoms with E-state index in [0.717, 1.165) is 20.6 Å². The average Bonchev–Trinajstić information content (AvgIpc) is 2.60. The lowest BCUT2D eigenvalue weighted by molar-refractivity contribution is -0.122. The number of anilines is 2. The van der Waals surface area contributed by atoms with Crippen molar-refractivity contribution in [2.24, 2.45) is 0 Å². The number of amides is 4. The molecule has 1 aliphatic heterocycles. The van der Waals surface area contributed by atoms with Crippen LogP contribution in [0.3, 0.4) is 0 Å². The fourth-order valence-corrected chi connectivity index (χ4v) is 3.58. The van der Waals surface area contributed by atoms with Gasteiger partial charge in [0.25, 0.3) is 11.8 Å². The highest BCUT2D eigenvalue weighted by Gasteiger charge is 2.37. The van der Waals surface area contributed by atoms with Gasteiger partial charge in [0.1, 0.15) is 5.57 Å². The second-order valence-corrected chi connectivity index (χ2v) is 7.20. The summed E-state index contributed by atoms with van der Waals surface area (Å²) in [7, 11) is 3.84. The second-order valence-electron chi connectivity index (χ2n) is 6.35. The summed E-state index contributed by atoms with van der Waals surface area (Å²) in [6, 6.07) is 11.8. The fraction of sp³-hybridized carbons (Fsp3) is 0.150. The summed E-state index contributed by atoms with van der Waals surface area (Å²) in [6.45, 7) is 1.80. The number of para-hydroxylation sites is 1. The number of carbonyl (C=O) groups is 3. The zero-order chi connectivity index (χ0) is 19.7. The van der Waals surface area contributed by atoms with Crippen LogP contribution in [0, 0.1) is 6.92 Å². The first-order valence-electron chi connectivity index (χ1n) is 8.23. The first-order chi connectivity index (χ1) is 12.8. The van der Waals surface area contributed by atoms with Crippen LogP contribution in [0.4, 0.5) is 16.2 Å². The Morgan fingerprint density at radius 2 is 1.78 bits per heavy atom. The number of halogens is 1. The minimum absolute atomic E-state index is 0.0950. The Labute approximate surface area is 165 Å². The SMILES string of the molecule is Cc1ccccc1N1C(=O)NC(=O)/C(=C/c2ccc(N(C)C)c(Br)c2)C1=O. The van der Waals surface area contributed by atoms with Crippen molar-refractivity contribution in [3.8, 4) is 0 Å². The first-order valence-corrected chi connectivity index (χ1v) is 9.03. The predicted octanol–water partition coefficient (Wildman–Crippen LogP) is 3.49. The Balaban J connectivity index is 2.02. The normalized spacial score (nSPS) is 15.9. The molecule has 0 aromatic heterocycles. The van der Waals surface area contributed by atoms with Crippen LogP contribution in [-0.4, -0.2) is 31.9 Å². The fourth-order valence-electron chi connectivity index (χ4n) is 2.83. The molecule has 6 nitrogen and oxygen atoms in total. The molecule has 2 aromatic carbocycles. The molecule has 4 amide bonds. The van der Waals surface area contributed by atoms with Crippen molar-refractivity contribution in [1.29, 1.82) is 0 Å². The van der Waals surface area contributed by atoms with E-state index in [1.165, 1.54) is 6.08 Å². The summed E-state index contributed by atoms with van der Waals surface area (Å²) >= 11 is 3.49. The highest BCUT2D eigenvalue weighted by molar-refractivity contribution is 9.10. The van der Waals surface area contributed by atoms with Crippen molar-refractivity contribution in [3.63, 3.8) is 0 Å². The van der Waals surface area contributed by atoms with E-state index in [-0.39, 0.29) is 5.57 Å². The molecular formula is C20H18BrN3O3. The Morgan fingerprint density at radius 1 is 1.07 bits per heavy atom. The van der Waals surface area contributed by atoms with Crippen LogP contribution in [0.1, 0.15) is 11.1 Å². The number of urea groups is 1. The number of carbonyl (C=O) groups excluding carboxylic acids is 3. The van der Waals surface area contributed by atoms with Gasteiger partial charge in [0.2, 0.25) is 0 Å². The predicted molar refractivity (Wildman–Crippen MR) is 109 cm³/mol. The van der Waals surface area contributed by atoms with Crippen LogP contribution in [0.25, 0.3) is 6.08 Å². The molecule has 1 fully saturated rings. The monoisotopic (exact) mass is 427 g/mol. The molecular weight excluding hydrogens is 410 g/mol. The maximum atomic E-state index is 12.9. The Kier molecular flexibility index (Phi) is 5.14. The minimum atomic E-state index is -0.749. The summed E-state index contributed by atoms with van der Waals surface area (Å²) < 4.78 is 0.831. The second kappa shape index (κ2) is 7.36. The van der Waals surface area contributed by atoms with Gasteiger partial charge in [-0.15, -0.1) is 0 Å². The molecule has 1 aliphatic rings. The quantitative estimate of drug-likeness (QED) is 0.601. The maximum Gasteiger partial charge on any atom is 0.335 e. The number of rotatable bonds is 3. The zero-order valence-corrected chi connectivity index (χ0v) is 16.7. The Hall–Kier alpha value is -2.93. The van der Waals surface area contributed by atoms with Crippen molar-refractivity contribution in [1.82, 2.24) is 5.32 Å². The van der Waals surface area contributed by atoms with Crippen LogP contribution in [0.15, 0.2) is 52.5 Å². The van der Waals surface area contributed by atoms with Crippen LogP contribution < -0.4 is 15.1 Å². The van der Waals surface area contributed by atoms with E-state index in [2.05, 4.69) is 21.2 Å². The third-order valence-electron chi connectivity index (χ3n) is 4.22. The highest BCUT2D eigenvalue weighted by atomic mass is 79.9. The molecule has 27 heavy (non-hydrogen) atoms. The molecule has 1 saturated heterocycles. The molecule has 1 N–H and O–H groups in total. The molecule has 0 aliphatic carbocycles. The lowest BCUT2D eigenvalue weighted by Crippen LogP contribution is -2.54. The number of nitrogens with zero attached hydrogens (tertiary/aromatic N) is 2. The number of barbiturate groups is 1. The van der Waals surface area contributed by atoms with Gasteiger partial charge in [0, 0.05) is 18.6 Å². The summed E-state index contributed by atoms with van der Waals surface area (Å²) in [5.74, 6) is -1.35. The topological polar surface area (TPSA) is 69.7 Å². The van der Waals surface area contributed by atoms with Crippen LogP contribution in [0.5, 0.6) is 0 Å². The first kappa shape index (κ1) is 18.8. The van der Waals surface area contributed by atoms with Crippen molar-refractivity contribution in [2.45, 2.75) is 6.92 Å². The molecule has 0 unspecified atom stereocenters. The van der Waals surface area contributed by atoms with Crippen LogP contribution in [0.2, 0.25) is 0 Å².